The maximum absolute atomic E-state index is 12.3. The molecule has 1 amide bonds. The van der Waals surface area contributed by atoms with Gasteiger partial charge in [0.1, 0.15) is 6.04 Å². The maximum Gasteiger partial charge on any atom is 0.326 e. The molecule has 3 rings (SSSR count). The molecule has 20 heavy (non-hydrogen) atoms. The molecular formula is C14H19N3O3. The Morgan fingerprint density at radius 2 is 2.20 bits per heavy atom. The lowest BCUT2D eigenvalue weighted by Crippen LogP contribution is -2.43. The Bertz CT molecular complexity index is 500. The topological polar surface area (TPSA) is 75.4 Å². The van der Waals surface area contributed by atoms with E-state index in [9.17, 15) is 14.7 Å². The van der Waals surface area contributed by atoms with E-state index in [1.807, 2.05) is 6.07 Å². The number of hydrogen-bond donors (Lipinski definition) is 1. The number of amides is 1. The highest BCUT2D eigenvalue weighted by Crippen LogP contribution is 2.42. The van der Waals surface area contributed by atoms with Gasteiger partial charge in [0, 0.05) is 31.9 Å². The minimum atomic E-state index is -0.855. The normalized spacial score (nSPS) is 28.6. The van der Waals surface area contributed by atoms with Gasteiger partial charge in [-0.1, -0.05) is 6.42 Å². The number of carboxylic acid groups (broad SMARTS) is 1. The number of hydrogen-bond acceptors (Lipinski definition) is 3. The van der Waals surface area contributed by atoms with E-state index in [4.69, 9.17) is 0 Å². The minimum Gasteiger partial charge on any atom is -0.480 e. The van der Waals surface area contributed by atoms with Crippen LogP contribution in [0.2, 0.25) is 0 Å². The van der Waals surface area contributed by atoms with E-state index < -0.39 is 12.0 Å². The van der Waals surface area contributed by atoms with E-state index in [1.54, 1.807) is 22.0 Å². The molecule has 1 aliphatic heterocycles. The van der Waals surface area contributed by atoms with Crippen molar-refractivity contribution in [3.63, 3.8) is 0 Å². The van der Waals surface area contributed by atoms with Gasteiger partial charge in [-0.2, -0.15) is 5.10 Å². The predicted molar refractivity (Wildman–Crippen MR) is 70.8 cm³/mol. The predicted octanol–water partition coefficient (Wildman–Crippen LogP) is 0.985. The van der Waals surface area contributed by atoms with Crippen LogP contribution in [0.1, 0.15) is 25.7 Å². The zero-order chi connectivity index (χ0) is 14.1. The van der Waals surface area contributed by atoms with Crippen molar-refractivity contribution >= 4 is 11.9 Å². The Kier molecular flexibility index (Phi) is 3.46. The Balaban J connectivity index is 1.65. The summed E-state index contributed by atoms with van der Waals surface area (Å²) in [6.45, 7) is 1.11. The first-order chi connectivity index (χ1) is 9.66. The summed E-state index contributed by atoms with van der Waals surface area (Å²) in [5.41, 5.74) is 0. The van der Waals surface area contributed by atoms with Crippen LogP contribution in [-0.2, 0) is 16.1 Å². The Morgan fingerprint density at radius 3 is 2.90 bits per heavy atom. The monoisotopic (exact) mass is 277 g/mol. The Labute approximate surface area is 117 Å². The molecule has 0 radical (unpaired) electrons. The van der Waals surface area contributed by atoms with Crippen LogP contribution in [0.15, 0.2) is 18.5 Å². The van der Waals surface area contributed by atoms with Crippen LogP contribution in [0.4, 0.5) is 0 Å². The molecule has 108 valence electrons. The molecule has 1 saturated heterocycles. The van der Waals surface area contributed by atoms with Gasteiger partial charge in [-0.15, -0.1) is 0 Å². The lowest BCUT2D eigenvalue weighted by atomic mass is 9.94. The van der Waals surface area contributed by atoms with Gasteiger partial charge in [-0.25, -0.2) is 4.79 Å². The fourth-order valence-corrected chi connectivity index (χ4v) is 3.67. The number of aryl methyl sites for hydroxylation is 1. The van der Waals surface area contributed by atoms with E-state index in [-0.39, 0.29) is 11.8 Å². The van der Waals surface area contributed by atoms with Gasteiger partial charge >= 0.3 is 5.97 Å². The minimum absolute atomic E-state index is 0.0673. The molecule has 1 aromatic heterocycles. The van der Waals surface area contributed by atoms with Gasteiger partial charge in [-0.05, 0) is 30.7 Å². The molecular weight excluding hydrogens is 258 g/mol. The third-order valence-corrected chi connectivity index (χ3v) is 4.58. The van der Waals surface area contributed by atoms with Crippen LogP contribution in [0, 0.1) is 11.8 Å². The average Bonchev–Trinajstić information content (AvgIpc) is 3.10. The summed E-state index contributed by atoms with van der Waals surface area (Å²) < 4.78 is 1.70. The van der Waals surface area contributed by atoms with E-state index in [0.717, 1.165) is 19.3 Å². The SMILES string of the molecule is O=C(O)C1C2CCCC2CN1C(=O)CCn1cccn1. The van der Waals surface area contributed by atoms with Crippen LogP contribution in [0.3, 0.4) is 0 Å². The molecule has 1 saturated carbocycles. The molecule has 3 atom stereocenters. The molecule has 0 spiro atoms. The number of rotatable bonds is 4. The lowest BCUT2D eigenvalue weighted by Gasteiger charge is -2.24. The Morgan fingerprint density at radius 1 is 1.35 bits per heavy atom. The molecule has 3 unspecified atom stereocenters. The summed E-state index contributed by atoms with van der Waals surface area (Å²) in [6.07, 6.45) is 6.87. The van der Waals surface area contributed by atoms with Gasteiger partial charge in [0.15, 0.2) is 0 Å². The summed E-state index contributed by atoms with van der Waals surface area (Å²) in [5, 5.41) is 13.5. The number of fused-ring (bicyclic) bond motifs is 1. The van der Waals surface area contributed by atoms with Gasteiger partial charge < -0.3 is 10.0 Å². The van der Waals surface area contributed by atoms with Crippen molar-refractivity contribution in [2.75, 3.05) is 6.54 Å². The second kappa shape index (κ2) is 5.26. The van der Waals surface area contributed by atoms with Crippen molar-refractivity contribution in [3.05, 3.63) is 18.5 Å². The first kappa shape index (κ1) is 13.1. The fraction of sp³-hybridized carbons (Fsp3) is 0.643. The number of carbonyl (C=O) groups is 2. The number of aromatic nitrogens is 2. The van der Waals surface area contributed by atoms with E-state index >= 15 is 0 Å². The second-order valence-corrected chi connectivity index (χ2v) is 5.70. The molecule has 6 nitrogen and oxygen atoms in total. The highest BCUT2D eigenvalue weighted by molar-refractivity contribution is 5.84. The van der Waals surface area contributed by atoms with Crippen LogP contribution in [-0.4, -0.2) is 44.3 Å². The molecule has 2 fully saturated rings. The number of nitrogens with zero attached hydrogens (tertiary/aromatic N) is 3. The smallest absolute Gasteiger partial charge is 0.326 e. The van der Waals surface area contributed by atoms with Crippen LogP contribution in [0.25, 0.3) is 0 Å². The zero-order valence-electron chi connectivity index (χ0n) is 11.3. The van der Waals surface area contributed by atoms with Crippen LogP contribution in [0.5, 0.6) is 0 Å². The highest BCUT2D eigenvalue weighted by Gasteiger charge is 2.49. The molecule has 0 aromatic carbocycles. The van der Waals surface area contributed by atoms with Gasteiger partial charge in [0.05, 0.1) is 0 Å². The van der Waals surface area contributed by atoms with Crippen molar-refractivity contribution in [3.8, 4) is 0 Å². The number of likely N-dealkylation sites (tertiary alicyclic amines) is 1. The van der Waals surface area contributed by atoms with Crippen molar-refractivity contribution in [1.82, 2.24) is 14.7 Å². The van der Waals surface area contributed by atoms with E-state index in [0.29, 0.717) is 25.4 Å². The first-order valence-electron chi connectivity index (χ1n) is 7.16. The molecule has 1 aromatic rings. The molecule has 6 heteroatoms. The summed E-state index contributed by atoms with van der Waals surface area (Å²) in [5.74, 6) is -0.389. The Hall–Kier alpha value is -1.85. The van der Waals surface area contributed by atoms with Crippen molar-refractivity contribution < 1.29 is 14.7 Å². The summed E-state index contributed by atoms with van der Waals surface area (Å²) in [7, 11) is 0. The van der Waals surface area contributed by atoms with E-state index in [2.05, 4.69) is 5.10 Å². The zero-order valence-corrected chi connectivity index (χ0v) is 11.3. The van der Waals surface area contributed by atoms with Gasteiger partial charge in [0.25, 0.3) is 0 Å². The van der Waals surface area contributed by atoms with E-state index in [1.165, 1.54) is 0 Å². The molecule has 2 aliphatic rings. The van der Waals surface area contributed by atoms with Crippen LogP contribution < -0.4 is 0 Å². The average molecular weight is 277 g/mol. The van der Waals surface area contributed by atoms with Crippen molar-refractivity contribution in [2.45, 2.75) is 38.3 Å². The summed E-state index contributed by atoms with van der Waals surface area (Å²) >= 11 is 0. The van der Waals surface area contributed by atoms with Crippen LogP contribution >= 0.6 is 0 Å². The third-order valence-electron chi connectivity index (χ3n) is 4.58. The van der Waals surface area contributed by atoms with Gasteiger partial charge in [0.2, 0.25) is 5.91 Å². The van der Waals surface area contributed by atoms with Gasteiger partial charge in [-0.3, -0.25) is 9.48 Å². The molecule has 1 N–H and O–H groups in total. The third kappa shape index (κ3) is 2.30. The largest absolute Gasteiger partial charge is 0.480 e. The molecule has 0 bridgehead atoms. The second-order valence-electron chi connectivity index (χ2n) is 5.70. The first-order valence-corrected chi connectivity index (χ1v) is 7.16. The number of aliphatic carboxylic acids is 1. The summed E-state index contributed by atoms with van der Waals surface area (Å²) in [6, 6.07) is 1.19. The quantitative estimate of drug-likeness (QED) is 0.890. The van der Waals surface area contributed by atoms with Crippen molar-refractivity contribution in [2.24, 2.45) is 11.8 Å². The highest BCUT2D eigenvalue weighted by atomic mass is 16.4. The summed E-state index contributed by atoms with van der Waals surface area (Å²) in [4.78, 5) is 25.4. The standard InChI is InChI=1S/C14H19N3O3/c18-12(5-8-16-7-2-6-15-16)17-9-10-3-1-4-11(10)13(17)14(19)20/h2,6-7,10-11,13H,1,3-5,8-9H2,(H,19,20). The fourth-order valence-electron chi connectivity index (χ4n) is 3.67. The van der Waals surface area contributed by atoms with Crippen molar-refractivity contribution in [1.29, 1.82) is 0 Å². The number of carbonyl (C=O) groups excluding carboxylic acids is 1. The molecule has 2 heterocycles. The lowest BCUT2D eigenvalue weighted by molar-refractivity contribution is -0.149. The maximum atomic E-state index is 12.3. The number of carboxylic acids is 1. The molecule has 1 aliphatic carbocycles.